The van der Waals surface area contributed by atoms with E-state index in [9.17, 15) is 0 Å². The van der Waals surface area contributed by atoms with Crippen LogP contribution in [-0.4, -0.2) is 25.8 Å². The predicted molar refractivity (Wildman–Crippen MR) is 69.7 cm³/mol. The van der Waals surface area contributed by atoms with Crippen LogP contribution < -0.4 is 5.32 Å². The molecule has 0 aromatic carbocycles. The van der Waals surface area contributed by atoms with Crippen molar-refractivity contribution in [1.29, 1.82) is 0 Å². The molecule has 2 atom stereocenters. The van der Waals surface area contributed by atoms with Crippen molar-refractivity contribution in [2.75, 3.05) is 13.7 Å². The molecule has 0 saturated heterocycles. The summed E-state index contributed by atoms with van der Waals surface area (Å²) < 4.78 is 6.06. The Morgan fingerprint density at radius 1 is 1.31 bits per heavy atom. The third-order valence-electron chi connectivity index (χ3n) is 3.91. The molecule has 1 N–H and O–H groups in total. The Labute approximate surface area is 101 Å². The van der Waals surface area contributed by atoms with Crippen LogP contribution in [0.2, 0.25) is 0 Å². The molecule has 2 unspecified atom stereocenters. The topological polar surface area (TPSA) is 21.3 Å². The zero-order chi connectivity index (χ0) is 12.0. The zero-order valence-corrected chi connectivity index (χ0v) is 11.5. The molecule has 0 aliphatic heterocycles. The number of ether oxygens (including phenoxy) is 1. The van der Waals surface area contributed by atoms with Crippen LogP contribution in [0.25, 0.3) is 0 Å². The van der Waals surface area contributed by atoms with Crippen molar-refractivity contribution in [2.45, 2.75) is 71.4 Å². The highest BCUT2D eigenvalue weighted by molar-refractivity contribution is 4.93. The van der Waals surface area contributed by atoms with E-state index in [4.69, 9.17) is 4.74 Å². The second-order valence-electron chi connectivity index (χ2n) is 5.76. The van der Waals surface area contributed by atoms with E-state index in [1.807, 2.05) is 0 Å². The maximum absolute atomic E-state index is 6.06. The van der Waals surface area contributed by atoms with E-state index in [0.29, 0.717) is 17.6 Å². The van der Waals surface area contributed by atoms with Gasteiger partial charge in [-0.25, -0.2) is 0 Å². The fraction of sp³-hybridized carbons (Fsp3) is 1.00. The second kappa shape index (κ2) is 6.61. The highest BCUT2D eigenvalue weighted by atomic mass is 16.5. The van der Waals surface area contributed by atoms with Crippen LogP contribution in [-0.2, 0) is 4.74 Å². The first kappa shape index (κ1) is 14.0. The average molecular weight is 227 g/mol. The normalized spacial score (nSPS) is 29.2. The van der Waals surface area contributed by atoms with Crippen LogP contribution in [0.15, 0.2) is 0 Å². The quantitative estimate of drug-likeness (QED) is 0.703. The molecule has 0 spiro atoms. The van der Waals surface area contributed by atoms with E-state index in [2.05, 4.69) is 33.1 Å². The van der Waals surface area contributed by atoms with Crippen LogP contribution >= 0.6 is 0 Å². The van der Waals surface area contributed by atoms with Crippen LogP contribution in [0.3, 0.4) is 0 Å². The second-order valence-corrected chi connectivity index (χ2v) is 5.76. The molecule has 1 aliphatic carbocycles. The van der Waals surface area contributed by atoms with E-state index in [1.54, 1.807) is 0 Å². The number of unbranched alkanes of at least 4 members (excludes halogenated alkanes) is 2. The molecule has 2 heteroatoms. The van der Waals surface area contributed by atoms with Crippen LogP contribution in [0, 0.1) is 5.41 Å². The lowest BCUT2D eigenvalue weighted by Crippen LogP contribution is -2.52. The Hall–Kier alpha value is -0.0800. The van der Waals surface area contributed by atoms with Gasteiger partial charge in [0.05, 0.1) is 6.10 Å². The molecule has 0 aromatic heterocycles. The van der Waals surface area contributed by atoms with Crippen molar-refractivity contribution in [3.05, 3.63) is 0 Å². The van der Waals surface area contributed by atoms with Gasteiger partial charge in [-0.05, 0) is 31.7 Å². The van der Waals surface area contributed by atoms with Gasteiger partial charge in [-0.3, -0.25) is 0 Å². The Morgan fingerprint density at radius 2 is 2.06 bits per heavy atom. The Balaban J connectivity index is 2.38. The lowest BCUT2D eigenvalue weighted by atomic mass is 9.72. The summed E-state index contributed by atoms with van der Waals surface area (Å²) in [6.45, 7) is 7.89. The molecular formula is C14H29NO. The third-order valence-corrected chi connectivity index (χ3v) is 3.91. The summed E-state index contributed by atoms with van der Waals surface area (Å²) in [5.41, 5.74) is 0.377. The standard InChI is InChI=1S/C14H29NO/c1-5-6-7-11-16-12-9-8-10-14(2,3)13(12)15-4/h12-13,15H,5-11H2,1-4H3. The summed E-state index contributed by atoms with van der Waals surface area (Å²) in [5, 5.41) is 3.46. The predicted octanol–water partition coefficient (Wildman–Crippen LogP) is 3.36. The minimum Gasteiger partial charge on any atom is -0.377 e. The highest BCUT2D eigenvalue weighted by Gasteiger charge is 2.38. The fourth-order valence-corrected chi connectivity index (χ4v) is 2.93. The molecule has 0 aromatic rings. The van der Waals surface area contributed by atoms with Gasteiger partial charge in [0.2, 0.25) is 0 Å². The molecule has 96 valence electrons. The van der Waals surface area contributed by atoms with E-state index < -0.39 is 0 Å². The maximum atomic E-state index is 6.06. The molecule has 0 amide bonds. The largest absolute Gasteiger partial charge is 0.377 e. The maximum Gasteiger partial charge on any atom is 0.0733 e. The van der Waals surface area contributed by atoms with E-state index in [0.717, 1.165) is 6.61 Å². The van der Waals surface area contributed by atoms with Crippen molar-refractivity contribution in [2.24, 2.45) is 5.41 Å². The number of hydrogen-bond acceptors (Lipinski definition) is 2. The van der Waals surface area contributed by atoms with Crippen LogP contribution in [0.4, 0.5) is 0 Å². The molecule has 0 radical (unpaired) electrons. The minimum atomic E-state index is 0.377. The first-order valence-electron chi connectivity index (χ1n) is 6.90. The van der Waals surface area contributed by atoms with Gasteiger partial charge in [0.25, 0.3) is 0 Å². The number of likely N-dealkylation sites (N-methyl/N-ethyl adjacent to an activating group) is 1. The summed E-state index contributed by atoms with van der Waals surface area (Å²) >= 11 is 0. The first-order valence-corrected chi connectivity index (χ1v) is 6.90. The molecule has 2 nitrogen and oxygen atoms in total. The zero-order valence-electron chi connectivity index (χ0n) is 11.5. The SMILES string of the molecule is CCCCCOC1CCCC(C)(C)C1NC. The molecule has 1 rings (SSSR count). The molecule has 1 aliphatic rings. The summed E-state index contributed by atoms with van der Waals surface area (Å²) in [5.74, 6) is 0. The first-order chi connectivity index (χ1) is 7.61. The van der Waals surface area contributed by atoms with E-state index in [-0.39, 0.29) is 0 Å². The summed E-state index contributed by atoms with van der Waals surface area (Å²) in [7, 11) is 2.07. The molecule has 1 fully saturated rings. The third kappa shape index (κ3) is 3.74. The van der Waals surface area contributed by atoms with Crippen molar-refractivity contribution >= 4 is 0 Å². The van der Waals surface area contributed by atoms with Gasteiger partial charge in [-0.1, -0.05) is 40.0 Å². The summed E-state index contributed by atoms with van der Waals surface area (Å²) in [6, 6.07) is 0.517. The van der Waals surface area contributed by atoms with Crippen molar-refractivity contribution in [3.8, 4) is 0 Å². The smallest absolute Gasteiger partial charge is 0.0733 e. The lowest BCUT2D eigenvalue weighted by molar-refractivity contribution is -0.0359. The Kier molecular flexibility index (Phi) is 5.77. The fourth-order valence-electron chi connectivity index (χ4n) is 2.93. The number of nitrogens with one attached hydrogen (secondary N) is 1. The summed E-state index contributed by atoms with van der Waals surface area (Å²) in [6.07, 6.45) is 8.04. The van der Waals surface area contributed by atoms with E-state index >= 15 is 0 Å². The van der Waals surface area contributed by atoms with Gasteiger partial charge in [0.15, 0.2) is 0 Å². The van der Waals surface area contributed by atoms with Crippen molar-refractivity contribution in [3.63, 3.8) is 0 Å². The van der Waals surface area contributed by atoms with Crippen molar-refractivity contribution < 1.29 is 4.74 Å². The minimum absolute atomic E-state index is 0.377. The van der Waals surface area contributed by atoms with Crippen LogP contribution in [0.5, 0.6) is 0 Å². The molecule has 1 saturated carbocycles. The van der Waals surface area contributed by atoms with Gasteiger partial charge in [0.1, 0.15) is 0 Å². The van der Waals surface area contributed by atoms with Gasteiger partial charge in [-0.15, -0.1) is 0 Å². The monoisotopic (exact) mass is 227 g/mol. The Bertz CT molecular complexity index is 191. The number of hydrogen-bond donors (Lipinski definition) is 1. The van der Waals surface area contributed by atoms with Crippen molar-refractivity contribution in [1.82, 2.24) is 5.32 Å². The molecular weight excluding hydrogens is 198 g/mol. The average Bonchev–Trinajstić information content (AvgIpc) is 2.23. The van der Waals surface area contributed by atoms with Gasteiger partial charge in [-0.2, -0.15) is 0 Å². The highest BCUT2D eigenvalue weighted by Crippen LogP contribution is 2.36. The molecule has 0 bridgehead atoms. The molecule has 0 heterocycles. The van der Waals surface area contributed by atoms with E-state index in [1.165, 1.54) is 38.5 Å². The van der Waals surface area contributed by atoms with Crippen LogP contribution in [0.1, 0.15) is 59.3 Å². The van der Waals surface area contributed by atoms with Gasteiger partial charge in [0, 0.05) is 12.6 Å². The van der Waals surface area contributed by atoms with Gasteiger partial charge < -0.3 is 10.1 Å². The molecule has 16 heavy (non-hydrogen) atoms. The summed E-state index contributed by atoms with van der Waals surface area (Å²) in [4.78, 5) is 0. The van der Waals surface area contributed by atoms with Gasteiger partial charge >= 0.3 is 0 Å². The number of rotatable bonds is 6. The lowest BCUT2D eigenvalue weighted by Gasteiger charge is -2.43. The Morgan fingerprint density at radius 3 is 2.69 bits per heavy atom.